The zero-order chi connectivity index (χ0) is 19.6. The molecule has 0 aliphatic heterocycles. The van der Waals surface area contributed by atoms with E-state index in [0.717, 1.165) is 21.8 Å². The van der Waals surface area contributed by atoms with E-state index in [1.807, 2.05) is 31.2 Å². The molecule has 0 radical (unpaired) electrons. The second-order valence-electron chi connectivity index (χ2n) is 6.74. The van der Waals surface area contributed by atoms with Crippen LogP contribution in [0.5, 0.6) is 0 Å². The molecule has 0 spiro atoms. The van der Waals surface area contributed by atoms with Crippen molar-refractivity contribution in [1.82, 2.24) is 4.57 Å². The van der Waals surface area contributed by atoms with Crippen molar-refractivity contribution in [3.8, 4) is 0 Å². The normalized spacial score (nSPS) is 14.7. The number of methoxy groups -OCH3 is 2. The fourth-order valence-corrected chi connectivity index (χ4v) is 4.07. The molecule has 27 heavy (non-hydrogen) atoms. The van der Waals surface area contributed by atoms with Crippen molar-refractivity contribution in [3.05, 3.63) is 48.5 Å². The van der Waals surface area contributed by atoms with E-state index in [4.69, 9.17) is 9.47 Å². The maximum absolute atomic E-state index is 12.7. The Morgan fingerprint density at radius 1 is 0.889 bits per heavy atom. The standard InChI is InChI=1S/C22H25NO4/c1-5-17(20(22(25)27-4)14(2)21(24)26-3)23-18-12-8-6-10-15(18)16-11-7-9-13-19(16)23/h6-14,17,20H,5H2,1-4H3. The molecule has 0 aliphatic carbocycles. The molecule has 0 saturated carbocycles. The van der Waals surface area contributed by atoms with Crippen LogP contribution in [0.15, 0.2) is 48.5 Å². The number of carbonyl (C=O) groups is 2. The van der Waals surface area contributed by atoms with Gasteiger partial charge in [0, 0.05) is 27.8 Å². The van der Waals surface area contributed by atoms with Gasteiger partial charge in [0.1, 0.15) is 0 Å². The summed E-state index contributed by atoms with van der Waals surface area (Å²) < 4.78 is 12.2. The Labute approximate surface area is 158 Å². The second-order valence-corrected chi connectivity index (χ2v) is 6.74. The van der Waals surface area contributed by atoms with Crippen LogP contribution in [0.4, 0.5) is 0 Å². The molecule has 0 amide bonds. The van der Waals surface area contributed by atoms with Gasteiger partial charge in [-0.25, -0.2) is 0 Å². The number of esters is 2. The van der Waals surface area contributed by atoms with Crippen molar-refractivity contribution >= 4 is 33.7 Å². The number of hydrogen-bond acceptors (Lipinski definition) is 4. The zero-order valence-corrected chi connectivity index (χ0v) is 16.1. The lowest BCUT2D eigenvalue weighted by atomic mass is 9.85. The zero-order valence-electron chi connectivity index (χ0n) is 16.1. The predicted octanol–water partition coefficient (Wildman–Crippen LogP) is 4.34. The van der Waals surface area contributed by atoms with Gasteiger partial charge in [-0.3, -0.25) is 9.59 Å². The van der Waals surface area contributed by atoms with E-state index >= 15 is 0 Å². The van der Waals surface area contributed by atoms with Gasteiger partial charge in [0.2, 0.25) is 0 Å². The molecular weight excluding hydrogens is 342 g/mol. The summed E-state index contributed by atoms with van der Waals surface area (Å²) in [6.45, 7) is 3.75. The van der Waals surface area contributed by atoms with Gasteiger partial charge in [-0.05, 0) is 18.6 Å². The van der Waals surface area contributed by atoms with Crippen LogP contribution < -0.4 is 0 Å². The average Bonchev–Trinajstić information content (AvgIpc) is 3.04. The number of ether oxygens (including phenoxy) is 2. The van der Waals surface area contributed by atoms with Gasteiger partial charge >= 0.3 is 11.9 Å². The maximum atomic E-state index is 12.7. The molecule has 5 nitrogen and oxygen atoms in total. The first-order valence-electron chi connectivity index (χ1n) is 9.18. The van der Waals surface area contributed by atoms with Crippen molar-refractivity contribution < 1.29 is 19.1 Å². The number of carbonyl (C=O) groups excluding carboxylic acids is 2. The monoisotopic (exact) mass is 367 g/mol. The van der Waals surface area contributed by atoms with Crippen LogP contribution in [0.1, 0.15) is 26.3 Å². The molecule has 0 saturated heterocycles. The quantitative estimate of drug-likeness (QED) is 0.608. The van der Waals surface area contributed by atoms with Crippen molar-refractivity contribution in [2.45, 2.75) is 26.3 Å². The molecule has 2 aromatic carbocycles. The highest BCUT2D eigenvalue weighted by Crippen LogP contribution is 2.38. The first-order valence-corrected chi connectivity index (χ1v) is 9.18. The summed E-state index contributed by atoms with van der Waals surface area (Å²) in [7, 11) is 2.70. The summed E-state index contributed by atoms with van der Waals surface area (Å²) in [6, 6.07) is 16.0. The minimum Gasteiger partial charge on any atom is -0.469 e. The first kappa shape index (κ1) is 19.0. The fourth-order valence-electron chi connectivity index (χ4n) is 4.07. The molecule has 3 atom stereocenters. The van der Waals surface area contributed by atoms with Crippen molar-refractivity contribution in [2.24, 2.45) is 11.8 Å². The SMILES string of the molecule is CCC(C(C(=O)OC)C(C)C(=O)OC)n1c2ccccc2c2ccccc21. The van der Waals surface area contributed by atoms with Gasteiger partial charge in [0.05, 0.1) is 26.1 Å². The van der Waals surface area contributed by atoms with Crippen molar-refractivity contribution in [2.75, 3.05) is 14.2 Å². The number of rotatable bonds is 6. The second kappa shape index (κ2) is 7.82. The minimum absolute atomic E-state index is 0.239. The van der Waals surface area contributed by atoms with Crippen LogP contribution in [-0.4, -0.2) is 30.7 Å². The van der Waals surface area contributed by atoms with Gasteiger partial charge in [0.15, 0.2) is 0 Å². The third-order valence-corrected chi connectivity index (χ3v) is 5.37. The Kier molecular flexibility index (Phi) is 5.49. The fraction of sp³-hybridized carbons (Fsp3) is 0.364. The van der Waals surface area contributed by atoms with Crippen molar-refractivity contribution in [3.63, 3.8) is 0 Å². The van der Waals surface area contributed by atoms with E-state index in [1.165, 1.54) is 14.2 Å². The van der Waals surface area contributed by atoms with Crippen LogP contribution in [0.2, 0.25) is 0 Å². The number of hydrogen-bond donors (Lipinski definition) is 0. The molecule has 1 aromatic heterocycles. The molecule has 0 fully saturated rings. The molecule has 0 aliphatic rings. The van der Waals surface area contributed by atoms with Gasteiger partial charge in [0.25, 0.3) is 0 Å². The third kappa shape index (κ3) is 3.18. The Hall–Kier alpha value is -2.82. The minimum atomic E-state index is -0.647. The summed E-state index contributed by atoms with van der Waals surface area (Å²) in [4.78, 5) is 24.9. The van der Waals surface area contributed by atoms with E-state index in [-0.39, 0.29) is 6.04 Å². The number of benzene rings is 2. The smallest absolute Gasteiger partial charge is 0.311 e. The Morgan fingerprint density at radius 3 is 1.81 bits per heavy atom. The number of para-hydroxylation sites is 2. The van der Waals surface area contributed by atoms with E-state index < -0.39 is 23.8 Å². The molecule has 3 unspecified atom stereocenters. The van der Waals surface area contributed by atoms with Gasteiger partial charge in [-0.1, -0.05) is 50.2 Å². The van der Waals surface area contributed by atoms with Gasteiger partial charge in [-0.2, -0.15) is 0 Å². The molecule has 5 heteroatoms. The van der Waals surface area contributed by atoms with Crippen LogP contribution >= 0.6 is 0 Å². The molecular formula is C22H25NO4. The summed E-state index contributed by atoms with van der Waals surface area (Å²) in [5.41, 5.74) is 2.08. The summed E-state index contributed by atoms with van der Waals surface area (Å²) >= 11 is 0. The van der Waals surface area contributed by atoms with Gasteiger partial charge in [-0.15, -0.1) is 0 Å². The Bertz CT molecular complexity index is 922. The molecule has 3 aromatic rings. The topological polar surface area (TPSA) is 57.5 Å². The predicted molar refractivity (Wildman–Crippen MR) is 105 cm³/mol. The highest BCUT2D eigenvalue weighted by atomic mass is 16.5. The van der Waals surface area contributed by atoms with Crippen LogP contribution in [0.3, 0.4) is 0 Å². The van der Waals surface area contributed by atoms with Crippen LogP contribution in [0, 0.1) is 11.8 Å². The summed E-state index contributed by atoms with van der Waals surface area (Å²) in [6.07, 6.45) is 0.670. The highest BCUT2D eigenvalue weighted by Gasteiger charge is 2.39. The molecule has 1 heterocycles. The highest BCUT2D eigenvalue weighted by molar-refractivity contribution is 6.08. The molecule has 0 bridgehead atoms. The number of aromatic nitrogens is 1. The van der Waals surface area contributed by atoms with E-state index in [2.05, 4.69) is 28.8 Å². The van der Waals surface area contributed by atoms with E-state index in [9.17, 15) is 9.59 Å². The van der Waals surface area contributed by atoms with Gasteiger partial charge < -0.3 is 14.0 Å². The maximum Gasteiger partial charge on any atom is 0.311 e. The first-order chi connectivity index (χ1) is 13.0. The average molecular weight is 367 g/mol. The molecule has 0 N–H and O–H groups in total. The lowest BCUT2D eigenvalue weighted by Crippen LogP contribution is -2.36. The lowest BCUT2D eigenvalue weighted by molar-refractivity contribution is -0.158. The summed E-state index contributed by atoms with van der Waals surface area (Å²) in [5.74, 6) is -2.08. The largest absolute Gasteiger partial charge is 0.469 e. The van der Waals surface area contributed by atoms with Crippen molar-refractivity contribution in [1.29, 1.82) is 0 Å². The van der Waals surface area contributed by atoms with E-state index in [1.54, 1.807) is 6.92 Å². The van der Waals surface area contributed by atoms with Crippen LogP contribution in [0.25, 0.3) is 21.8 Å². The Balaban J connectivity index is 2.26. The summed E-state index contributed by atoms with van der Waals surface area (Å²) in [5, 5.41) is 2.25. The third-order valence-electron chi connectivity index (χ3n) is 5.37. The van der Waals surface area contributed by atoms with Crippen LogP contribution in [-0.2, 0) is 19.1 Å². The number of fused-ring (bicyclic) bond motifs is 3. The van der Waals surface area contributed by atoms with E-state index in [0.29, 0.717) is 6.42 Å². The molecule has 3 rings (SSSR count). The lowest BCUT2D eigenvalue weighted by Gasteiger charge is -2.30. The Morgan fingerprint density at radius 2 is 1.37 bits per heavy atom. The molecule has 142 valence electrons. The number of nitrogens with zero attached hydrogens (tertiary/aromatic N) is 1.